The van der Waals surface area contributed by atoms with Crippen molar-refractivity contribution < 1.29 is 14.3 Å². The van der Waals surface area contributed by atoms with Crippen molar-refractivity contribution in [1.82, 2.24) is 9.80 Å². The van der Waals surface area contributed by atoms with E-state index in [1.807, 2.05) is 66.7 Å². The van der Waals surface area contributed by atoms with E-state index in [1.54, 1.807) is 25.1 Å². The van der Waals surface area contributed by atoms with Crippen molar-refractivity contribution in [3.8, 4) is 0 Å². The van der Waals surface area contributed by atoms with Crippen LogP contribution in [0.5, 0.6) is 0 Å². The Morgan fingerprint density at radius 1 is 1.00 bits per heavy atom. The molecule has 0 spiro atoms. The van der Waals surface area contributed by atoms with Gasteiger partial charge in [-0.15, -0.1) is 0 Å². The monoisotopic (exact) mass is 446 g/mol. The zero-order chi connectivity index (χ0) is 23.4. The maximum absolute atomic E-state index is 14.5. The molecule has 1 N–H and O–H groups in total. The van der Waals surface area contributed by atoms with Crippen LogP contribution >= 0.6 is 0 Å². The third-order valence-electron chi connectivity index (χ3n) is 6.59. The van der Waals surface area contributed by atoms with Crippen LogP contribution in [0.4, 0.5) is 4.39 Å². The molecule has 0 aromatic heterocycles. The van der Waals surface area contributed by atoms with Crippen LogP contribution in [0.1, 0.15) is 46.0 Å². The molecule has 3 atom stereocenters. The second kappa shape index (κ2) is 10.3. The predicted molar refractivity (Wildman–Crippen MR) is 128 cm³/mol. The lowest BCUT2D eigenvalue weighted by atomic mass is 10.00. The van der Waals surface area contributed by atoms with Gasteiger partial charge < -0.3 is 10.0 Å². The summed E-state index contributed by atoms with van der Waals surface area (Å²) in [6.07, 6.45) is 1.90. The number of aliphatic hydroxyl groups excluding tert-OH is 1. The van der Waals surface area contributed by atoms with Crippen LogP contribution in [0.3, 0.4) is 0 Å². The second-order valence-electron chi connectivity index (χ2n) is 9.02. The smallest absolute Gasteiger partial charge is 0.253 e. The molecule has 4 rings (SSSR count). The number of hydrogen-bond acceptors (Lipinski definition) is 3. The van der Waals surface area contributed by atoms with Crippen molar-refractivity contribution >= 4 is 5.91 Å². The van der Waals surface area contributed by atoms with Crippen LogP contribution in [0.15, 0.2) is 78.9 Å². The van der Waals surface area contributed by atoms with Gasteiger partial charge in [0.1, 0.15) is 5.82 Å². The summed E-state index contributed by atoms with van der Waals surface area (Å²) < 4.78 is 14.5. The second-order valence-corrected chi connectivity index (χ2v) is 9.02. The van der Waals surface area contributed by atoms with Crippen molar-refractivity contribution in [3.05, 3.63) is 107 Å². The van der Waals surface area contributed by atoms with E-state index in [4.69, 9.17) is 0 Å². The normalized spacial score (nSPS) is 19.4. The Balaban J connectivity index is 1.57. The number of hydrogen-bond donors (Lipinski definition) is 1. The van der Waals surface area contributed by atoms with E-state index in [1.165, 1.54) is 6.07 Å². The molecule has 3 aromatic rings. The van der Waals surface area contributed by atoms with Crippen LogP contribution in [-0.2, 0) is 13.0 Å². The number of likely N-dealkylation sites (tertiary alicyclic amines) is 1. The Morgan fingerprint density at radius 3 is 2.33 bits per heavy atom. The highest BCUT2D eigenvalue weighted by atomic mass is 19.1. The molecule has 0 radical (unpaired) electrons. The highest BCUT2D eigenvalue weighted by Gasteiger charge is 2.38. The van der Waals surface area contributed by atoms with Gasteiger partial charge in [-0.2, -0.15) is 0 Å². The van der Waals surface area contributed by atoms with Crippen molar-refractivity contribution in [1.29, 1.82) is 0 Å². The van der Waals surface area contributed by atoms with Crippen molar-refractivity contribution in [2.45, 2.75) is 44.0 Å². The first-order chi connectivity index (χ1) is 15.9. The Morgan fingerprint density at radius 2 is 1.67 bits per heavy atom. The fourth-order valence-corrected chi connectivity index (χ4v) is 4.78. The molecule has 1 aliphatic rings. The van der Waals surface area contributed by atoms with Crippen LogP contribution in [0.2, 0.25) is 0 Å². The van der Waals surface area contributed by atoms with Crippen LogP contribution < -0.4 is 0 Å². The number of benzene rings is 3. The average Bonchev–Trinajstić information content (AvgIpc) is 3.22. The molecule has 3 aromatic carbocycles. The molecule has 0 unspecified atom stereocenters. The fourth-order valence-electron chi connectivity index (χ4n) is 4.78. The lowest BCUT2D eigenvalue weighted by Gasteiger charge is -2.33. The quantitative estimate of drug-likeness (QED) is 0.565. The molecule has 1 fully saturated rings. The van der Waals surface area contributed by atoms with Crippen molar-refractivity contribution in [2.75, 3.05) is 14.1 Å². The van der Waals surface area contributed by atoms with Gasteiger partial charge in [-0.1, -0.05) is 60.7 Å². The zero-order valence-electron chi connectivity index (χ0n) is 19.2. The molecular formula is C28H31FN2O2. The summed E-state index contributed by atoms with van der Waals surface area (Å²) >= 11 is 0. The summed E-state index contributed by atoms with van der Waals surface area (Å²) in [7, 11) is 3.49. The van der Waals surface area contributed by atoms with Crippen LogP contribution in [0, 0.1) is 5.82 Å². The van der Waals surface area contributed by atoms with E-state index < -0.39 is 6.10 Å². The highest BCUT2D eigenvalue weighted by Crippen LogP contribution is 2.36. The van der Waals surface area contributed by atoms with Crippen LogP contribution in [0.25, 0.3) is 0 Å². The molecule has 172 valence electrons. The minimum absolute atomic E-state index is 0.0188. The summed E-state index contributed by atoms with van der Waals surface area (Å²) in [4.78, 5) is 16.0. The van der Waals surface area contributed by atoms with E-state index in [2.05, 4.69) is 4.90 Å². The van der Waals surface area contributed by atoms with Gasteiger partial charge in [0.2, 0.25) is 0 Å². The summed E-state index contributed by atoms with van der Waals surface area (Å²) in [6, 6.07) is 24.4. The van der Waals surface area contributed by atoms with Gasteiger partial charge in [0.05, 0.1) is 6.10 Å². The Bertz CT molecular complexity index is 1070. The number of aliphatic hydroxyl groups is 1. The van der Waals surface area contributed by atoms with E-state index in [-0.39, 0.29) is 23.8 Å². The molecule has 33 heavy (non-hydrogen) atoms. The van der Waals surface area contributed by atoms with Crippen molar-refractivity contribution in [3.63, 3.8) is 0 Å². The van der Waals surface area contributed by atoms with Gasteiger partial charge in [-0.05, 0) is 48.6 Å². The van der Waals surface area contributed by atoms with E-state index >= 15 is 0 Å². The Hall–Kier alpha value is -3.02. The number of halogens is 1. The van der Waals surface area contributed by atoms with Crippen LogP contribution in [-0.4, -0.2) is 47.0 Å². The maximum Gasteiger partial charge on any atom is 0.253 e. The number of carbonyl (C=O) groups excluding carboxylic acids is 1. The Labute approximate surface area is 195 Å². The van der Waals surface area contributed by atoms with Gasteiger partial charge >= 0.3 is 0 Å². The maximum atomic E-state index is 14.5. The van der Waals surface area contributed by atoms with Gasteiger partial charge in [0.15, 0.2) is 0 Å². The standard InChI is InChI=1S/C28H31FN2O2/c1-30(2)28(33)22-14-12-20(13-15-22)18-24-16-17-26(27(32)21-8-4-3-5-9-21)31(24)19-23-10-6-7-11-25(23)29/h3-15,24,26-27,32H,16-19H2,1-2H3/t24-,26+,27+/m0/s1. The number of carbonyl (C=O) groups is 1. The number of nitrogens with zero attached hydrogens (tertiary/aromatic N) is 2. The first-order valence-electron chi connectivity index (χ1n) is 11.5. The zero-order valence-corrected chi connectivity index (χ0v) is 19.2. The Kier molecular flexibility index (Phi) is 7.21. The first-order valence-corrected chi connectivity index (χ1v) is 11.5. The van der Waals surface area contributed by atoms with Crippen molar-refractivity contribution in [2.24, 2.45) is 0 Å². The fraction of sp³-hybridized carbons (Fsp3) is 0.321. The average molecular weight is 447 g/mol. The summed E-state index contributed by atoms with van der Waals surface area (Å²) in [5, 5.41) is 11.2. The highest BCUT2D eigenvalue weighted by molar-refractivity contribution is 5.93. The van der Waals surface area contributed by atoms with Gasteiger partial charge in [-0.3, -0.25) is 9.69 Å². The molecule has 1 heterocycles. The lowest BCUT2D eigenvalue weighted by Crippen LogP contribution is -2.40. The molecule has 1 saturated heterocycles. The minimum Gasteiger partial charge on any atom is -0.387 e. The topological polar surface area (TPSA) is 43.8 Å². The minimum atomic E-state index is -0.636. The third kappa shape index (κ3) is 5.32. The first kappa shape index (κ1) is 23.1. The molecular weight excluding hydrogens is 415 g/mol. The van der Waals surface area contributed by atoms with Gasteiger partial charge in [0, 0.05) is 43.9 Å². The molecule has 0 aliphatic carbocycles. The largest absolute Gasteiger partial charge is 0.387 e. The molecule has 0 saturated carbocycles. The summed E-state index contributed by atoms with van der Waals surface area (Å²) in [6.45, 7) is 0.448. The SMILES string of the molecule is CN(C)C(=O)c1ccc(C[C@@H]2CC[C@H]([C@H](O)c3ccccc3)N2Cc2ccccc2F)cc1. The molecule has 1 aliphatic heterocycles. The predicted octanol–water partition coefficient (Wildman–Crippen LogP) is 4.84. The van der Waals surface area contributed by atoms with Gasteiger partial charge in [-0.25, -0.2) is 4.39 Å². The molecule has 5 heteroatoms. The number of rotatable bonds is 7. The van der Waals surface area contributed by atoms with E-state index in [0.717, 1.165) is 30.4 Å². The molecule has 0 bridgehead atoms. The summed E-state index contributed by atoms with van der Waals surface area (Å²) in [5.74, 6) is -0.239. The molecule has 1 amide bonds. The van der Waals surface area contributed by atoms with Gasteiger partial charge in [0.25, 0.3) is 5.91 Å². The molecule has 4 nitrogen and oxygen atoms in total. The van der Waals surface area contributed by atoms with E-state index in [0.29, 0.717) is 17.7 Å². The van der Waals surface area contributed by atoms with E-state index in [9.17, 15) is 14.3 Å². The lowest BCUT2D eigenvalue weighted by molar-refractivity contribution is 0.0506. The third-order valence-corrected chi connectivity index (χ3v) is 6.59. The number of amides is 1. The summed E-state index contributed by atoms with van der Waals surface area (Å²) in [5.41, 5.74) is 3.31.